The normalized spacial score (nSPS) is 18.4. The van der Waals surface area contributed by atoms with Crippen molar-refractivity contribution < 1.29 is 14.6 Å². The van der Waals surface area contributed by atoms with Gasteiger partial charge in [-0.15, -0.1) is 0 Å². The lowest BCUT2D eigenvalue weighted by atomic mass is 10.0. The molecule has 1 aliphatic carbocycles. The molecule has 2 atom stereocenters. The highest BCUT2D eigenvalue weighted by atomic mass is 79.9. The van der Waals surface area contributed by atoms with E-state index in [1.54, 1.807) is 14.2 Å². The summed E-state index contributed by atoms with van der Waals surface area (Å²) in [5.41, 5.74) is 1.05. The van der Waals surface area contributed by atoms with Crippen LogP contribution >= 0.6 is 15.9 Å². The van der Waals surface area contributed by atoms with E-state index in [0.717, 1.165) is 28.6 Å². The van der Waals surface area contributed by atoms with Crippen molar-refractivity contribution in [2.24, 2.45) is 5.92 Å². The van der Waals surface area contributed by atoms with Gasteiger partial charge in [-0.1, -0.05) is 15.9 Å². The van der Waals surface area contributed by atoms with Crippen LogP contribution in [0.1, 0.15) is 18.4 Å². The minimum atomic E-state index is -0.467. The number of benzene rings is 1. The van der Waals surface area contributed by atoms with Crippen LogP contribution in [-0.2, 0) is 11.2 Å². The molecule has 0 aliphatic heterocycles. The predicted molar refractivity (Wildman–Crippen MR) is 73.9 cm³/mol. The molecule has 3 nitrogen and oxygen atoms in total. The second kappa shape index (κ2) is 6.04. The standard InChI is InChI=1S/C14H19BrO3/c1-17-11-5-6-12(15)10(7-11)8-13(16)14(18-2)9-3-4-9/h5-7,9,13-14,16H,3-4,8H2,1-2H3. The fourth-order valence-corrected chi connectivity index (χ4v) is 2.67. The second-order valence-electron chi connectivity index (χ2n) is 4.77. The van der Waals surface area contributed by atoms with Crippen LogP contribution in [0.15, 0.2) is 22.7 Å². The molecule has 2 rings (SSSR count). The van der Waals surface area contributed by atoms with Crippen molar-refractivity contribution in [3.8, 4) is 5.75 Å². The molecule has 1 aliphatic rings. The first-order valence-corrected chi connectivity index (χ1v) is 6.98. The van der Waals surface area contributed by atoms with Gasteiger partial charge in [0.05, 0.1) is 19.3 Å². The smallest absolute Gasteiger partial charge is 0.119 e. The number of hydrogen-bond acceptors (Lipinski definition) is 3. The molecule has 2 unspecified atom stereocenters. The highest BCUT2D eigenvalue weighted by molar-refractivity contribution is 9.10. The maximum atomic E-state index is 10.3. The fraction of sp³-hybridized carbons (Fsp3) is 0.571. The van der Waals surface area contributed by atoms with Gasteiger partial charge in [0.25, 0.3) is 0 Å². The Morgan fingerprint density at radius 2 is 2.11 bits per heavy atom. The highest BCUT2D eigenvalue weighted by Gasteiger charge is 2.36. The summed E-state index contributed by atoms with van der Waals surface area (Å²) in [5, 5.41) is 10.3. The lowest BCUT2D eigenvalue weighted by molar-refractivity contribution is -0.0238. The van der Waals surface area contributed by atoms with Crippen LogP contribution in [0.3, 0.4) is 0 Å². The van der Waals surface area contributed by atoms with Crippen LogP contribution in [0.25, 0.3) is 0 Å². The van der Waals surface area contributed by atoms with E-state index in [9.17, 15) is 5.11 Å². The molecule has 0 saturated heterocycles. The minimum absolute atomic E-state index is 0.0527. The molecular weight excluding hydrogens is 296 g/mol. The molecule has 1 aromatic carbocycles. The summed E-state index contributed by atoms with van der Waals surface area (Å²) < 4.78 is 11.6. The first kappa shape index (κ1) is 13.8. The van der Waals surface area contributed by atoms with Gasteiger partial charge in [0, 0.05) is 18.0 Å². The Balaban J connectivity index is 2.07. The summed E-state index contributed by atoms with van der Waals surface area (Å²) >= 11 is 3.50. The molecule has 0 bridgehead atoms. The van der Waals surface area contributed by atoms with Crippen molar-refractivity contribution in [2.75, 3.05) is 14.2 Å². The van der Waals surface area contributed by atoms with Crippen LogP contribution < -0.4 is 4.74 Å². The molecule has 1 N–H and O–H groups in total. The second-order valence-corrected chi connectivity index (χ2v) is 5.62. The Labute approximate surface area is 116 Å². The average molecular weight is 315 g/mol. The number of ether oxygens (including phenoxy) is 2. The first-order chi connectivity index (χ1) is 8.65. The molecule has 0 aromatic heterocycles. The van der Waals surface area contributed by atoms with E-state index in [4.69, 9.17) is 9.47 Å². The van der Waals surface area contributed by atoms with Crippen molar-refractivity contribution in [1.29, 1.82) is 0 Å². The summed E-state index contributed by atoms with van der Waals surface area (Å²) in [5.74, 6) is 1.33. The zero-order chi connectivity index (χ0) is 13.1. The third-order valence-corrected chi connectivity index (χ3v) is 4.19. The summed E-state index contributed by atoms with van der Waals surface area (Å²) in [4.78, 5) is 0. The quantitative estimate of drug-likeness (QED) is 0.877. The van der Waals surface area contributed by atoms with Gasteiger partial charge in [0.15, 0.2) is 0 Å². The molecule has 4 heteroatoms. The van der Waals surface area contributed by atoms with Crippen LogP contribution in [0.2, 0.25) is 0 Å². The highest BCUT2D eigenvalue weighted by Crippen LogP contribution is 2.36. The van der Waals surface area contributed by atoms with Crippen LogP contribution in [0, 0.1) is 5.92 Å². The number of rotatable bonds is 6. The monoisotopic (exact) mass is 314 g/mol. The number of aliphatic hydroxyl groups excluding tert-OH is 1. The van der Waals surface area contributed by atoms with Gasteiger partial charge in [-0.2, -0.15) is 0 Å². The molecule has 0 amide bonds. The van der Waals surface area contributed by atoms with E-state index in [2.05, 4.69) is 15.9 Å². The maximum absolute atomic E-state index is 10.3. The van der Waals surface area contributed by atoms with Crippen molar-refractivity contribution in [2.45, 2.75) is 31.5 Å². The molecular formula is C14H19BrO3. The third-order valence-electron chi connectivity index (χ3n) is 3.42. The van der Waals surface area contributed by atoms with E-state index < -0.39 is 6.10 Å². The number of hydrogen-bond donors (Lipinski definition) is 1. The van der Waals surface area contributed by atoms with E-state index in [1.165, 1.54) is 0 Å². The number of aliphatic hydroxyl groups is 1. The van der Waals surface area contributed by atoms with E-state index >= 15 is 0 Å². The van der Waals surface area contributed by atoms with Crippen LogP contribution in [0.5, 0.6) is 5.75 Å². The summed E-state index contributed by atoms with van der Waals surface area (Å²) in [6, 6.07) is 5.79. The molecule has 1 saturated carbocycles. The Hall–Kier alpha value is -0.580. The van der Waals surface area contributed by atoms with Crippen molar-refractivity contribution >= 4 is 15.9 Å². The Morgan fingerprint density at radius 1 is 1.39 bits per heavy atom. The zero-order valence-corrected chi connectivity index (χ0v) is 12.3. The molecule has 0 spiro atoms. The number of methoxy groups -OCH3 is 2. The zero-order valence-electron chi connectivity index (χ0n) is 10.7. The third kappa shape index (κ3) is 3.25. The van der Waals surface area contributed by atoms with Crippen molar-refractivity contribution in [3.05, 3.63) is 28.2 Å². The largest absolute Gasteiger partial charge is 0.497 e. The lowest BCUT2D eigenvalue weighted by Crippen LogP contribution is -2.31. The predicted octanol–water partition coefficient (Wildman–Crippen LogP) is 2.79. The van der Waals surface area contributed by atoms with Crippen molar-refractivity contribution in [1.82, 2.24) is 0 Å². The molecule has 100 valence electrons. The van der Waals surface area contributed by atoms with Gasteiger partial charge in [-0.3, -0.25) is 0 Å². The molecule has 0 heterocycles. The summed E-state index contributed by atoms with van der Waals surface area (Å²) in [6.45, 7) is 0. The van der Waals surface area contributed by atoms with E-state index in [0.29, 0.717) is 12.3 Å². The molecule has 0 radical (unpaired) electrons. The Morgan fingerprint density at radius 3 is 2.67 bits per heavy atom. The SMILES string of the molecule is COc1ccc(Br)c(CC(O)C(OC)C2CC2)c1. The maximum Gasteiger partial charge on any atom is 0.119 e. The van der Waals surface area contributed by atoms with Gasteiger partial charge in [0.2, 0.25) is 0 Å². The van der Waals surface area contributed by atoms with Gasteiger partial charge >= 0.3 is 0 Å². The van der Waals surface area contributed by atoms with Crippen LogP contribution in [-0.4, -0.2) is 31.5 Å². The van der Waals surface area contributed by atoms with E-state index in [1.807, 2.05) is 18.2 Å². The minimum Gasteiger partial charge on any atom is -0.497 e. The Kier molecular flexibility index (Phi) is 4.65. The molecule has 18 heavy (non-hydrogen) atoms. The summed E-state index contributed by atoms with van der Waals surface area (Å²) in [7, 11) is 3.32. The molecule has 1 aromatic rings. The lowest BCUT2D eigenvalue weighted by Gasteiger charge is -2.22. The average Bonchev–Trinajstić information content (AvgIpc) is 3.17. The number of halogens is 1. The fourth-order valence-electron chi connectivity index (χ4n) is 2.26. The van der Waals surface area contributed by atoms with Gasteiger partial charge < -0.3 is 14.6 Å². The van der Waals surface area contributed by atoms with Crippen LogP contribution in [0.4, 0.5) is 0 Å². The molecule has 1 fully saturated rings. The van der Waals surface area contributed by atoms with Gasteiger partial charge in [0.1, 0.15) is 5.75 Å². The Bertz CT molecular complexity index is 404. The topological polar surface area (TPSA) is 38.7 Å². The first-order valence-electron chi connectivity index (χ1n) is 6.19. The summed E-state index contributed by atoms with van der Waals surface area (Å²) in [6.07, 6.45) is 2.38. The van der Waals surface area contributed by atoms with Gasteiger partial charge in [-0.25, -0.2) is 0 Å². The van der Waals surface area contributed by atoms with Gasteiger partial charge in [-0.05, 0) is 42.5 Å². The van der Waals surface area contributed by atoms with E-state index in [-0.39, 0.29) is 6.10 Å². The van der Waals surface area contributed by atoms with Crippen molar-refractivity contribution in [3.63, 3.8) is 0 Å².